The van der Waals surface area contributed by atoms with E-state index in [1.54, 1.807) is 41.8 Å². The maximum Gasteiger partial charge on any atom is 0.328 e. The quantitative estimate of drug-likeness (QED) is 0.142. The summed E-state index contributed by atoms with van der Waals surface area (Å²) in [6.07, 6.45) is 1.69. The van der Waals surface area contributed by atoms with Crippen molar-refractivity contribution in [3.8, 4) is 11.3 Å². The van der Waals surface area contributed by atoms with E-state index in [4.69, 9.17) is 28.3 Å². The first kappa shape index (κ1) is 27.4. The lowest BCUT2D eigenvalue weighted by Gasteiger charge is -2.17. The third-order valence-corrected chi connectivity index (χ3v) is 7.57. The third kappa shape index (κ3) is 7.45. The van der Waals surface area contributed by atoms with Crippen molar-refractivity contribution in [2.75, 3.05) is 10.6 Å². The fraction of sp³-hybridized carbons (Fsp3) is 0.0370. The molecule has 1 aromatic heterocycles. The molecule has 0 spiro atoms. The molecule has 2 amide bonds. The first-order valence-corrected chi connectivity index (χ1v) is 13.6. The standard InChI is InChI=1S/C27H19Cl2N3O4S2/c28-17-9-10-20(21(29)13-17)22-15-37-27(31-22)32-26(36)25(16-5-2-1-3-6-16)38-19-8-4-7-18(14-19)30-23(33)11-12-24(34)35/h1-15,25H,(H,30,33)(H,34,35)(H,31,32,36)/b12-11+. The molecule has 0 saturated heterocycles. The Morgan fingerprint density at radius 2 is 1.74 bits per heavy atom. The molecular formula is C27H19Cl2N3O4S2. The van der Waals surface area contributed by atoms with Crippen molar-refractivity contribution in [2.24, 2.45) is 0 Å². The molecule has 0 radical (unpaired) electrons. The van der Waals surface area contributed by atoms with E-state index in [9.17, 15) is 14.4 Å². The summed E-state index contributed by atoms with van der Waals surface area (Å²) in [5.74, 6) is -2.07. The lowest BCUT2D eigenvalue weighted by Crippen LogP contribution is -2.19. The predicted molar refractivity (Wildman–Crippen MR) is 153 cm³/mol. The van der Waals surface area contributed by atoms with E-state index in [-0.39, 0.29) is 5.91 Å². The van der Waals surface area contributed by atoms with Gasteiger partial charge in [-0.25, -0.2) is 9.78 Å². The number of hydrogen-bond donors (Lipinski definition) is 3. The van der Waals surface area contributed by atoms with Gasteiger partial charge in [0.1, 0.15) is 5.25 Å². The van der Waals surface area contributed by atoms with Crippen LogP contribution in [-0.4, -0.2) is 27.9 Å². The summed E-state index contributed by atoms with van der Waals surface area (Å²) in [5, 5.41) is 16.8. The Balaban J connectivity index is 1.53. The number of hydrogen-bond acceptors (Lipinski definition) is 6. The summed E-state index contributed by atoms with van der Waals surface area (Å²) in [6.45, 7) is 0. The second-order valence-electron chi connectivity index (χ2n) is 7.75. The second-order valence-corrected chi connectivity index (χ2v) is 10.6. The molecule has 0 bridgehead atoms. The molecule has 1 unspecified atom stereocenters. The normalized spacial score (nSPS) is 11.7. The molecule has 7 nitrogen and oxygen atoms in total. The zero-order chi connectivity index (χ0) is 27.1. The van der Waals surface area contributed by atoms with E-state index < -0.39 is 17.1 Å². The van der Waals surface area contributed by atoms with Crippen LogP contribution in [0.15, 0.2) is 95.2 Å². The molecule has 0 aliphatic heterocycles. The number of aromatic nitrogens is 1. The predicted octanol–water partition coefficient (Wildman–Crippen LogP) is 7.17. The lowest BCUT2D eigenvalue weighted by atomic mass is 10.1. The average Bonchev–Trinajstić information content (AvgIpc) is 3.34. The van der Waals surface area contributed by atoms with E-state index in [1.807, 2.05) is 36.4 Å². The molecule has 1 atom stereocenters. The van der Waals surface area contributed by atoms with Crippen molar-refractivity contribution in [1.29, 1.82) is 0 Å². The van der Waals surface area contributed by atoms with Crippen LogP contribution in [0.1, 0.15) is 10.8 Å². The number of carbonyl (C=O) groups excluding carboxylic acids is 2. The van der Waals surface area contributed by atoms with E-state index >= 15 is 0 Å². The smallest absolute Gasteiger partial charge is 0.328 e. The Morgan fingerprint density at radius 3 is 2.47 bits per heavy atom. The van der Waals surface area contributed by atoms with Gasteiger partial charge in [0, 0.05) is 38.7 Å². The summed E-state index contributed by atoms with van der Waals surface area (Å²) in [7, 11) is 0. The molecule has 4 aromatic rings. The monoisotopic (exact) mass is 583 g/mol. The number of thioether (sulfide) groups is 1. The molecule has 38 heavy (non-hydrogen) atoms. The van der Waals surface area contributed by atoms with E-state index in [1.165, 1.54) is 23.1 Å². The second kappa shape index (κ2) is 12.7. The van der Waals surface area contributed by atoms with E-state index in [0.717, 1.165) is 22.6 Å². The zero-order valence-corrected chi connectivity index (χ0v) is 22.6. The Labute approximate surface area is 236 Å². The number of rotatable bonds is 9. The molecule has 0 aliphatic carbocycles. The van der Waals surface area contributed by atoms with E-state index in [0.29, 0.717) is 32.1 Å². The van der Waals surface area contributed by atoms with Gasteiger partial charge >= 0.3 is 5.97 Å². The number of benzene rings is 3. The number of aliphatic carboxylic acids is 1. The maximum absolute atomic E-state index is 13.4. The Bertz CT molecular complexity index is 1510. The highest BCUT2D eigenvalue weighted by molar-refractivity contribution is 8.00. The number of carbonyl (C=O) groups is 3. The van der Waals surface area contributed by atoms with Gasteiger partial charge in [-0.2, -0.15) is 0 Å². The van der Waals surface area contributed by atoms with Crippen molar-refractivity contribution in [2.45, 2.75) is 10.1 Å². The first-order valence-electron chi connectivity index (χ1n) is 11.0. The number of nitrogens with one attached hydrogen (secondary N) is 2. The zero-order valence-electron chi connectivity index (χ0n) is 19.4. The Morgan fingerprint density at radius 1 is 0.947 bits per heavy atom. The van der Waals surface area contributed by atoms with Gasteiger partial charge in [-0.1, -0.05) is 59.6 Å². The summed E-state index contributed by atoms with van der Waals surface area (Å²) < 4.78 is 0. The molecule has 192 valence electrons. The summed E-state index contributed by atoms with van der Waals surface area (Å²) >= 11 is 14.9. The summed E-state index contributed by atoms with van der Waals surface area (Å²) in [5.41, 5.74) is 2.58. The molecule has 3 N–H and O–H groups in total. The van der Waals surface area contributed by atoms with Crippen LogP contribution in [0.2, 0.25) is 10.0 Å². The SMILES string of the molecule is O=C(O)/C=C/C(=O)Nc1cccc(SC(C(=O)Nc2nc(-c3ccc(Cl)cc3Cl)cs2)c2ccccc2)c1. The molecule has 1 heterocycles. The van der Waals surface area contributed by atoms with Gasteiger partial charge in [-0.05, 0) is 42.0 Å². The van der Waals surface area contributed by atoms with Gasteiger partial charge in [-0.3, -0.25) is 9.59 Å². The molecule has 4 rings (SSSR count). The number of amides is 2. The van der Waals surface area contributed by atoms with Gasteiger partial charge < -0.3 is 15.7 Å². The van der Waals surface area contributed by atoms with Crippen molar-refractivity contribution >= 4 is 74.9 Å². The summed E-state index contributed by atoms with van der Waals surface area (Å²) in [6, 6.07) is 21.4. The summed E-state index contributed by atoms with van der Waals surface area (Å²) in [4.78, 5) is 41.3. The Hall–Kier alpha value is -3.63. The molecule has 0 saturated carbocycles. The van der Waals surface area contributed by atoms with Crippen LogP contribution in [0.25, 0.3) is 11.3 Å². The van der Waals surface area contributed by atoms with Crippen molar-refractivity contribution < 1.29 is 19.5 Å². The number of nitrogens with zero attached hydrogens (tertiary/aromatic N) is 1. The molecule has 0 aliphatic rings. The van der Waals surface area contributed by atoms with Crippen LogP contribution < -0.4 is 10.6 Å². The molecular weight excluding hydrogens is 565 g/mol. The highest BCUT2D eigenvalue weighted by Crippen LogP contribution is 2.38. The van der Waals surface area contributed by atoms with Crippen LogP contribution in [0, 0.1) is 0 Å². The minimum atomic E-state index is -1.22. The average molecular weight is 585 g/mol. The first-order chi connectivity index (χ1) is 18.3. The number of carboxylic acid groups (broad SMARTS) is 1. The Kier molecular flexibility index (Phi) is 9.19. The van der Waals surface area contributed by atoms with Crippen molar-refractivity contribution in [1.82, 2.24) is 4.98 Å². The van der Waals surface area contributed by atoms with Crippen molar-refractivity contribution in [3.05, 3.63) is 106 Å². The van der Waals surface area contributed by atoms with E-state index in [2.05, 4.69) is 15.6 Å². The highest BCUT2D eigenvalue weighted by Gasteiger charge is 2.23. The van der Waals surface area contributed by atoms with Crippen LogP contribution in [0.3, 0.4) is 0 Å². The maximum atomic E-state index is 13.4. The number of halogens is 2. The fourth-order valence-electron chi connectivity index (χ4n) is 3.34. The molecule has 11 heteroatoms. The van der Waals surface area contributed by atoms with Gasteiger partial charge in [0.2, 0.25) is 11.8 Å². The molecule has 0 fully saturated rings. The molecule has 3 aromatic carbocycles. The number of carboxylic acids is 1. The van der Waals surface area contributed by atoms with Crippen LogP contribution in [0.5, 0.6) is 0 Å². The topological polar surface area (TPSA) is 108 Å². The van der Waals surface area contributed by atoms with Crippen LogP contribution in [-0.2, 0) is 14.4 Å². The fourth-order valence-corrected chi connectivity index (χ4v) is 5.64. The minimum Gasteiger partial charge on any atom is -0.478 e. The van der Waals surface area contributed by atoms with Gasteiger partial charge in [0.05, 0.1) is 10.7 Å². The van der Waals surface area contributed by atoms with Gasteiger partial charge in [0.25, 0.3) is 0 Å². The van der Waals surface area contributed by atoms with Gasteiger partial charge in [-0.15, -0.1) is 23.1 Å². The van der Waals surface area contributed by atoms with Gasteiger partial charge in [0.15, 0.2) is 5.13 Å². The minimum absolute atomic E-state index is 0.275. The number of anilines is 2. The third-order valence-electron chi connectivity index (χ3n) is 5.01. The van der Waals surface area contributed by atoms with Crippen molar-refractivity contribution in [3.63, 3.8) is 0 Å². The highest BCUT2D eigenvalue weighted by atomic mass is 35.5. The van der Waals surface area contributed by atoms with Crippen LogP contribution >= 0.6 is 46.3 Å². The number of thiazole rings is 1. The largest absolute Gasteiger partial charge is 0.478 e. The van der Waals surface area contributed by atoms with Crippen LogP contribution in [0.4, 0.5) is 10.8 Å². The lowest BCUT2D eigenvalue weighted by molar-refractivity contribution is -0.131.